The first-order valence-corrected chi connectivity index (χ1v) is 3.95. The lowest BCUT2D eigenvalue weighted by atomic mass is 10.0. The molecule has 1 saturated heterocycles. The highest BCUT2D eigenvalue weighted by Crippen LogP contribution is 2.20. The molecule has 0 saturated carbocycles. The number of Topliss-reactive ketones (excluding diaryl/α,β-unsaturated/α-hetero) is 1. The lowest BCUT2D eigenvalue weighted by molar-refractivity contribution is -0.142. The van der Waals surface area contributed by atoms with Crippen molar-refractivity contribution in [2.75, 3.05) is 6.61 Å². The van der Waals surface area contributed by atoms with Gasteiger partial charge in [0.25, 0.3) is 0 Å². The van der Waals surface area contributed by atoms with Crippen molar-refractivity contribution in [1.29, 1.82) is 0 Å². The molecule has 0 aromatic heterocycles. The number of hydrogen-bond acceptors (Lipinski definition) is 3. The van der Waals surface area contributed by atoms with Crippen molar-refractivity contribution >= 4 is 11.8 Å². The molecule has 0 aromatic carbocycles. The van der Waals surface area contributed by atoms with E-state index in [0.717, 1.165) is 0 Å². The van der Waals surface area contributed by atoms with Crippen LogP contribution in [-0.4, -0.2) is 29.6 Å². The minimum absolute atomic E-state index is 0.313. The second-order valence-electron chi connectivity index (χ2n) is 3.20. The summed E-state index contributed by atoms with van der Waals surface area (Å²) in [5.41, 5.74) is 0. The summed E-state index contributed by atoms with van der Waals surface area (Å²) in [6, 6.07) is 0. The van der Waals surface area contributed by atoms with E-state index in [1.54, 1.807) is 0 Å². The van der Waals surface area contributed by atoms with Crippen LogP contribution >= 0.6 is 0 Å². The summed E-state index contributed by atoms with van der Waals surface area (Å²) >= 11 is 0. The fourth-order valence-electron chi connectivity index (χ4n) is 1.27. The molecule has 1 fully saturated rings. The molecule has 0 aliphatic carbocycles. The number of ether oxygens (including phenoxy) is 1. The number of carboxylic acid groups (broad SMARTS) is 1. The molecule has 2 atom stereocenters. The SMILES string of the molecule is CC1COC(C(=O)CC(=O)O)C1. The lowest BCUT2D eigenvalue weighted by Crippen LogP contribution is -2.22. The Hall–Kier alpha value is -0.900. The molecule has 0 amide bonds. The number of aliphatic carboxylic acids is 1. The van der Waals surface area contributed by atoms with E-state index in [1.807, 2.05) is 6.92 Å². The van der Waals surface area contributed by atoms with Gasteiger partial charge >= 0.3 is 5.97 Å². The Balaban J connectivity index is 2.38. The minimum Gasteiger partial charge on any atom is -0.481 e. The van der Waals surface area contributed by atoms with E-state index < -0.39 is 18.5 Å². The molecular formula is C8H12O4. The predicted octanol–water partition coefficient (Wildman–Crippen LogP) is 0.455. The van der Waals surface area contributed by atoms with E-state index >= 15 is 0 Å². The average molecular weight is 172 g/mol. The van der Waals surface area contributed by atoms with Crippen molar-refractivity contribution in [3.05, 3.63) is 0 Å². The van der Waals surface area contributed by atoms with E-state index in [-0.39, 0.29) is 5.78 Å². The van der Waals surface area contributed by atoms with Gasteiger partial charge in [-0.15, -0.1) is 0 Å². The maximum absolute atomic E-state index is 11.1. The zero-order valence-electron chi connectivity index (χ0n) is 6.95. The summed E-state index contributed by atoms with van der Waals surface area (Å²) in [7, 11) is 0. The number of rotatable bonds is 3. The zero-order valence-corrected chi connectivity index (χ0v) is 6.95. The number of hydrogen-bond donors (Lipinski definition) is 1. The Labute approximate surface area is 70.5 Å². The van der Waals surface area contributed by atoms with Crippen molar-refractivity contribution < 1.29 is 19.4 Å². The Morgan fingerprint density at radius 3 is 2.67 bits per heavy atom. The smallest absolute Gasteiger partial charge is 0.310 e. The van der Waals surface area contributed by atoms with Crippen molar-refractivity contribution in [1.82, 2.24) is 0 Å². The van der Waals surface area contributed by atoms with Gasteiger partial charge in [-0.25, -0.2) is 0 Å². The monoisotopic (exact) mass is 172 g/mol. The van der Waals surface area contributed by atoms with Crippen LogP contribution < -0.4 is 0 Å². The molecule has 1 aliphatic rings. The van der Waals surface area contributed by atoms with Gasteiger partial charge in [-0.3, -0.25) is 9.59 Å². The number of carbonyl (C=O) groups is 2. The molecule has 4 heteroatoms. The standard InChI is InChI=1S/C8H12O4/c1-5-2-7(12-4-5)6(9)3-8(10)11/h5,7H,2-4H2,1H3,(H,10,11). The Morgan fingerprint density at radius 2 is 2.25 bits per heavy atom. The van der Waals surface area contributed by atoms with Crippen LogP contribution in [0.2, 0.25) is 0 Å². The van der Waals surface area contributed by atoms with E-state index in [1.165, 1.54) is 0 Å². The van der Waals surface area contributed by atoms with Crippen LogP contribution in [0.3, 0.4) is 0 Å². The quantitative estimate of drug-likeness (QED) is 0.628. The van der Waals surface area contributed by atoms with E-state index in [2.05, 4.69) is 0 Å². The van der Waals surface area contributed by atoms with Gasteiger partial charge in [0.05, 0.1) is 6.61 Å². The molecule has 1 aliphatic heterocycles. The summed E-state index contributed by atoms with van der Waals surface area (Å²) in [6.45, 7) is 2.55. The first-order valence-electron chi connectivity index (χ1n) is 3.95. The van der Waals surface area contributed by atoms with Crippen molar-refractivity contribution in [2.45, 2.75) is 25.9 Å². The third-order valence-corrected chi connectivity index (χ3v) is 1.88. The average Bonchev–Trinajstić information content (AvgIpc) is 2.34. The van der Waals surface area contributed by atoms with Crippen LogP contribution in [0.15, 0.2) is 0 Å². The van der Waals surface area contributed by atoms with Gasteiger partial charge < -0.3 is 9.84 Å². The van der Waals surface area contributed by atoms with Crippen molar-refractivity contribution in [2.24, 2.45) is 5.92 Å². The van der Waals surface area contributed by atoms with Crippen LogP contribution in [0.4, 0.5) is 0 Å². The fourth-order valence-corrected chi connectivity index (χ4v) is 1.27. The molecule has 1 N–H and O–H groups in total. The summed E-state index contributed by atoms with van der Waals surface area (Å²) in [5, 5.41) is 8.33. The van der Waals surface area contributed by atoms with Gasteiger partial charge in [0.1, 0.15) is 12.5 Å². The van der Waals surface area contributed by atoms with E-state index in [4.69, 9.17) is 9.84 Å². The zero-order chi connectivity index (χ0) is 9.14. The van der Waals surface area contributed by atoms with E-state index in [0.29, 0.717) is 18.9 Å². The van der Waals surface area contributed by atoms with Crippen LogP contribution in [-0.2, 0) is 14.3 Å². The second-order valence-corrected chi connectivity index (χ2v) is 3.20. The largest absolute Gasteiger partial charge is 0.481 e. The third kappa shape index (κ3) is 2.30. The molecule has 0 bridgehead atoms. The Morgan fingerprint density at radius 1 is 1.58 bits per heavy atom. The molecule has 0 radical (unpaired) electrons. The highest BCUT2D eigenvalue weighted by Gasteiger charge is 2.29. The highest BCUT2D eigenvalue weighted by atomic mass is 16.5. The first kappa shape index (κ1) is 9.19. The highest BCUT2D eigenvalue weighted by molar-refractivity contribution is 5.97. The molecule has 4 nitrogen and oxygen atoms in total. The molecular weight excluding hydrogens is 160 g/mol. The summed E-state index contributed by atoms with van der Waals surface area (Å²) in [6.07, 6.45) is -0.236. The van der Waals surface area contributed by atoms with Gasteiger partial charge in [0, 0.05) is 0 Å². The summed E-state index contributed by atoms with van der Waals surface area (Å²) in [4.78, 5) is 21.3. The second kappa shape index (κ2) is 3.67. The van der Waals surface area contributed by atoms with E-state index in [9.17, 15) is 9.59 Å². The minimum atomic E-state index is -1.08. The molecule has 1 rings (SSSR count). The normalized spacial score (nSPS) is 28.8. The third-order valence-electron chi connectivity index (χ3n) is 1.88. The number of carboxylic acids is 1. The molecule has 68 valence electrons. The maximum atomic E-state index is 11.1. The van der Waals surface area contributed by atoms with Gasteiger partial charge in [0.2, 0.25) is 0 Å². The van der Waals surface area contributed by atoms with Gasteiger partial charge in [0.15, 0.2) is 5.78 Å². The molecule has 12 heavy (non-hydrogen) atoms. The van der Waals surface area contributed by atoms with Crippen LogP contribution in [0.5, 0.6) is 0 Å². The van der Waals surface area contributed by atoms with Crippen molar-refractivity contribution in [3.8, 4) is 0 Å². The number of ketones is 1. The fraction of sp³-hybridized carbons (Fsp3) is 0.750. The Bertz CT molecular complexity index is 199. The van der Waals surface area contributed by atoms with Crippen molar-refractivity contribution in [3.63, 3.8) is 0 Å². The predicted molar refractivity (Wildman–Crippen MR) is 40.8 cm³/mol. The molecule has 0 spiro atoms. The van der Waals surface area contributed by atoms with Crippen LogP contribution in [0.1, 0.15) is 19.8 Å². The maximum Gasteiger partial charge on any atom is 0.310 e. The van der Waals surface area contributed by atoms with Crippen LogP contribution in [0, 0.1) is 5.92 Å². The lowest BCUT2D eigenvalue weighted by Gasteiger charge is -2.04. The van der Waals surface area contributed by atoms with Gasteiger partial charge in [-0.1, -0.05) is 6.92 Å². The Kier molecular flexibility index (Phi) is 2.81. The molecule has 2 unspecified atom stereocenters. The van der Waals surface area contributed by atoms with Gasteiger partial charge in [-0.2, -0.15) is 0 Å². The first-order chi connectivity index (χ1) is 5.59. The molecule has 1 heterocycles. The topological polar surface area (TPSA) is 63.6 Å². The molecule has 0 aromatic rings. The van der Waals surface area contributed by atoms with Gasteiger partial charge in [-0.05, 0) is 12.3 Å². The summed E-state index contributed by atoms with van der Waals surface area (Å²) < 4.78 is 5.12. The van der Waals surface area contributed by atoms with Crippen LogP contribution in [0.25, 0.3) is 0 Å². The summed E-state index contributed by atoms with van der Waals surface area (Å²) in [5.74, 6) is -1.03. The number of carbonyl (C=O) groups excluding carboxylic acids is 1.